The van der Waals surface area contributed by atoms with Crippen molar-refractivity contribution < 1.29 is 9.47 Å². The van der Waals surface area contributed by atoms with Gasteiger partial charge in [0.1, 0.15) is 12.4 Å². The van der Waals surface area contributed by atoms with E-state index in [0.29, 0.717) is 24.6 Å². The first-order valence-electron chi connectivity index (χ1n) is 10.2. The van der Waals surface area contributed by atoms with Crippen LogP contribution in [0.1, 0.15) is 75.0 Å². The van der Waals surface area contributed by atoms with Gasteiger partial charge in [-0.3, -0.25) is 0 Å². The summed E-state index contributed by atoms with van der Waals surface area (Å²) in [5.41, 5.74) is 6.17. The summed E-state index contributed by atoms with van der Waals surface area (Å²) in [4.78, 5) is 4.90. The quantitative estimate of drug-likeness (QED) is 0.833. The van der Waals surface area contributed by atoms with E-state index in [1.54, 1.807) is 7.11 Å². The number of benzene rings is 1. The van der Waals surface area contributed by atoms with E-state index in [2.05, 4.69) is 4.68 Å². The average molecular weight is 370 g/mol. The van der Waals surface area contributed by atoms with Crippen LogP contribution in [0.3, 0.4) is 0 Å². The van der Waals surface area contributed by atoms with Gasteiger partial charge in [-0.15, -0.1) is 0 Å². The smallest absolute Gasteiger partial charge is 0.188 e. The first-order chi connectivity index (χ1) is 13.2. The summed E-state index contributed by atoms with van der Waals surface area (Å²) in [7, 11) is 1.65. The second-order valence-corrected chi connectivity index (χ2v) is 7.83. The number of nitrogens with zero attached hydrogens (tertiary/aromatic N) is 3. The Morgan fingerprint density at radius 1 is 1.07 bits per heavy atom. The first kappa shape index (κ1) is 18.3. The molecule has 1 aromatic heterocycles. The highest BCUT2D eigenvalue weighted by Crippen LogP contribution is 2.36. The van der Waals surface area contributed by atoms with Crippen molar-refractivity contribution >= 4 is 0 Å². The number of rotatable bonds is 6. The van der Waals surface area contributed by atoms with E-state index < -0.39 is 0 Å². The summed E-state index contributed by atoms with van der Waals surface area (Å²) in [6.45, 7) is 0.353. The molecule has 2 aromatic rings. The molecule has 146 valence electrons. The fourth-order valence-corrected chi connectivity index (χ4v) is 4.45. The Morgan fingerprint density at radius 2 is 1.85 bits per heavy atom. The standard InChI is InChI=1S/C21H30N4O2/c1-26-18-9-5-6-10-19(18)27-14-20-23-21(15-11-12-16(22)13-15)25(24-20)17-7-3-2-4-8-17/h5-6,9-10,15-17H,2-4,7-8,11-14,22H2,1H3/t15-,16+/m0/s1. The van der Waals surface area contributed by atoms with Gasteiger partial charge in [-0.1, -0.05) is 31.4 Å². The number of ether oxygens (including phenoxy) is 2. The lowest BCUT2D eigenvalue weighted by Crippen LogP contribution is -2.19. The molecule has 1 heterocycles. The molecule has 2 fully saturated rings. The molecular weight excluding hydrogens is 340 g/mol. The van der Waals surface area contributed by atoms with Crippen LogP contribution in [0.4, 0.5) is 0 Å². The van der Waals surface area contributed by atoms with Crippen molar-refractivity contribution in [3.05, 3.63) is 35.9 Å². The van der Waals surface area contributed by atoms with Crippen molar-refractivity contribution in [2.24, 2.45) is 5.73 Å². The molecule has 1 aromatic carbocycles. The van der Waals surface area contributed by atoms with E-state index in [1.807, 2.05) is 24.3 Å². The van der Waals surface area contributed by atoms with Gasteiger partial charge in [-0.25, -0.2) is 9.67 Å². The lowest BCUT2D eigenvalue weighted by molar-refractivity contribution is 0.272. The van der Waals surface area contributed by atoms with Crippen molar-refractivity contribution in [1.82, 2.24) is 14.8 Å². The van der Waals surface area contributed by atoms with Crippen LogP contribution in [0, 0.1) is 0 Å². The van der Waals surface area contributed by atoms with Crippen LogP contribution in [-0.4, -0.2) is 27.9 Å². The van der Waals surface area contributed by atoms with Gasteiger partial charge in [0.05, 0.1) is 13.2 Å². The van der Waals surface area contributed by atoms with Crippen LogP contribution < -0.4 is 15.2 Å². The third-order valence-electron chi connectivity index (χ3n) is 5.89. The molecule has 2 atom stereocenters. The number of nitrogens with two attached hydrogens (primary N) is 1. The Kier molecular flexibility index (Phi) is 5.62. The van der Waals surface area contributed by atoms with Crippen LogP contribution in [0.25, 0.3) is 0 Å². The van der Waals surface area contributed by atoms with E-state index in [1.165, 1.54) is 32.1 Å². The predicted molar refractivity (Wildman–Crippen MR) is 104 cm³/mol. The molecule has 0 unspecified atom stereocenters. The molecule has 6 heteroatoms. The second-order valence-electron chi connectivity index (χ2n) is 7.83. The van der Waals surface area contributed by atoms with Crippen molar-refractivity contribution in [1.29, 1.82) is 0 Å². The number of para-hydroxylation sites is 2. The Bertz CT molecular complexity index is 732. The third-order valence-corrected chi connectivity index (χ3v) is 5.89. The van der Waals surface area contributed by atoms with Crippen LogP contribution in [-0.2, 0) is 6.61 Å². The van der Waals surface area contributed by atoms with Gasteiger partial charge in [0.2, 0.25) is 0 Å². The highest BCUT2D eigenvalue weighted by molar-refractivity contribution is 5.39. The van der Waals surface area contributed by atoms with Crippen molar-refractivity contribution in [2.45, 2.75) is 76.0 Å². The Hall–Kier alpha value is -2.08. The van der Waals surface area contributed by atoms with E-state index in [0.717, 1.165) is 42.4 Å². The molecule has 0 aliphatic heterocycles. The first-order valence-corrected chi connectivity index (χ1v) is 10.2. The second kappa shape index (κ2) is 8.30. The molecule has 4 rings (SSSR count). The summed E-state index contributed by atoms with van der Waals surface area (Å²) >= 11 is 0. The largest absolute Gasteiger partial charge is 0.493 e. The molecule has 0 bridgehead atoms. The molecule has 2 saturated carbocycles. The summed E-state index contributed by atoms with van der Waals surface area (Å²) in [5, 5.41) is 4.87. The van der Waals surface area contributed by atoms with Gasteiger partial charge < -0.3 is 15.2 Å². The summed E-state index contributed by atoms with van der Waals surface area (Å²) < 4.78 is 13.5. The Labute approximate surface area is 161 Å². The van der Waals surface area contributed by atoms with Gasteiger partial charge >= 0.3 is 0 Å². The summed E-state index contributed by atoms with van der Waals surface area (Å²) in [6.07, 6.45) is 9.48. The van der Waals surface area contributed by atoms with Gasteiger partial charge in [0, 0.05) is 12.0 Å². The van der Waals surface area contributed by atoms with E-state index >= 15 is 0 Å². The number of hydrogen-bond donors (Lipinski definition) is 1. The molecule has 0 radical (unpaired) electrons. The molecule has 2 aliphatic carbocycles. The molecule has 27 heavy (non-hydrogen) atoms. The fourth-order valence-electron chi connectivity index (χ4n) is 4.45. The average Bonchev–Trinajstić information content (AvgIpc) is 3.33. The fraction of sp³-hybridized carbons (Fsp3) is 0.619. The SMILES string of the molecule is COc1ccccc1OCc1nc([C@H]2CC[C@@H](N)C2)n(C2CCCCC2)n1. The topological polar surface area (TPSA) is 75.2 Å². The lowest BCUT2D eigenvalue weighted by Gasteiger charge is -2.24. The van der Waals surface area contributed by atoms with Gasteiger partial charge in [-0.2, -0.15) is 5.10 Å². The molecule has 0 spiro atoms. The van der Waals surface area contributed by atoms with Crippen LogP contribution in [0.2, 0.25) is 0 Å². The van der Waals surface area contributed by atoms with Crippen molar-refractivity contribution in [3.8, 4) is 11.5 Å². The Balaban J connectivity index is 1.54. The van der Waals surface area contributed by atoms with E-state index in [-0.39, 0.29) is 0 Å². The van der Waals surface area contributed by atoms with Crippen LogP contribution in [0.15, 0.2) is 24.3 Å². The van der Waals surface area contributed by atoms with Crippen molar-refractivity contribution in [3.63, 3.8) is 0 Å². The van der Waals surface area contributed by atoms with Crippen LogP contribution in [0.5, 0.6) is 11.5 Å². The molecule has 2 N–H and O–H groups in total. The zero-order valence-corrected chi connectivity index (χ0v) is 16.1. The minimum absolute atomic E-state index is 0.291. The highest BCUT2D eigenvalue weighted by Gasteiger charge is 2.30. The van der Waals surface area contributed by atoms with Gasteiger partial charge in [0.15, 0.2) is 17.3 Å². The number of methoxy groups -OCH3 is 1. The number of hydrogen-bond acceptors (Lipinski definition) is 5. The molecule has 0 amide bonds. The maximum Gasteiger partial charge on any atom is 0.188 e. The van der Waals surface area contributed by atoms with E-state index in [9.17, 15) is 0 Å². The molecular formula is C21H30N4O2. The minimum atomic E-state index is 0.291. The van der Waals surface area contributed by atoms with Gasteiger partial charge in [0.25, 0.3) is 0 Å². The third kappa shape index (κ3) is 4.10. The normalized spacial score (nSPS) is 23.5. The zero-order chi connectivity index (χ0) is 18.6. The maximum atomic E-state index is 6.17. The number of aromatic nitrogens is 3. The Morgan fingerprint density at radius 3 is 2.56 bits per heavy atom. The van der Waals surface area contributed by atoms with E-state index in [4.69, 9.17) is 25.3 Å². The predicted octanol–water partition coefficient (Wildman–Crippen LogP) is 3.97. The highest BCUT2D eigenvalue weighted by atomic mass is 16.5. The maximum absolute atomic E-state index is 6.17. The zero-order valence-electron chi connectivity index (χ0n) is 16.1. The van der Waals surface area contributed by atoms with Gasteiger partial charge in [-0.05, 0) is 44.2 Å². The summed E-state index contributed by atoms with van der Waals surface area (Å²) in [5.74, 6) is 3.74. The molecule has 6 nitrogen and oxygen atoms in total. The summed E-state index contributed by atoms with van der Waals surface area (Å²) in [6, 6.07) is 8.45. The monoisotopic (exact) mass is 370 g/mol. The van der Waals surface area contributed by atoms with Crippen LogP contribution >= 0.6 is 0 Å². The lowest BCUT2D eigenvalue weighted by atomic mass is 9.95. The minimum Gasteiger partial charge on any atom is -0.493 e. The molecule has 0 saturated heterocycles. The molecule has 2 aliphatic rings. The van der Waals surface area contributed by atoms with Crippen molar-refractivity contribution in [2.75, 3.05) is 7.11 Å².